The van der Waals surface area contributed by atoms with Crippen molar-refractivity contribution in [3.05, 3.63) is 59.7 Å². The third-order valence-electron chi connectivity index (χ3n) is 6.74. The van der Waals surface area contributed by atoms with Gasteiger partial charge in [0.05, 0.1) is 32.0 Å². The van der Waals surface area contributed by atoms with Crippen LogP contribution >= 0.6 is 0 Å². The van der Waals surface area contributed by atoms with Crippen LogP contribution in [-0.4, -0.2) is 84.6 Å². The highest BCUT2D eigenvalue weighted by molar-refractivity contribution is 5.85. The van der Waals surface area contributed by atoms with Crippen molar-refractivity contribution in [3.63, 3.8) is 0 Å². The van der Waals surface area contributed by atoms with Gasteiger partial charge in [0.1, 0.15) is 11.2 Å². The molecular formula is C37H56O13. The Morgan fingerprint density at radius 3 is 1.16 bits per heavy atom. The maximum Gasteiger partial charge on any atom is 0.330 e. The summed E-state index contributed by atoms with van der Waals surface area (Å²) in [4.78, 5) is 19.2. The summed E-state index contributed by atoms with van der Waals surface area (Å²) in [6.07, 6.45) is 0. The van der Waals surface area contributed by atoms with Crippen molar-refractivity contribution in [1.82, 2.24) is 0 Å². The van der Waals surface area contributed by atoms with Crippen molar-refractivity contribution in [2.24, 2.45) is 0 Å². The first-order valence-corrected chi connectivity index (χ1v) is 16.5. The molecule has 0 aromatic heterocycles. The lowest BCUT2D eigenvalue weighted by Gasteiger charge is -2.48. The van der Waals surface area contributed by atoms with E-state index in [1.165, 1.54) is 13.8 Å². The van der Waals surface area contributed by atoms with Gasteiger partial charge in [-0.25, -0.2) is 9.59 Å². The maximum atomic E-state index is 11.3. The smallest absolute Gasteiger partial charge is 0.330 e. The van der Waals surface area contributed by atoms with Gasteiger partial charge in [-0.05, 0) is 86.9 Å². The van der Waals surface area contributed by atoms with Crippen LogP contribution in [0.3, 0.4) is 0 Å². The van der Waals surface area contributed by atoms with Crippen LogP contribution < -0.4 is 18.9 Å². The first-order chi connectivity index (χ1) is 23.5. The molecule has 1 atom stereocenters. The molecule has 0 saturated carbocycles. The van der Waals surface area contributed by atoms with Crippen LogP contribution in [0.5, 0.6) is 34.5 Å². The molecule has 0 amide bonds. The zero-order valence-corrected chi connectivity index (χ0v) is 31.1. The predicted octanol–water partition coefficient (Wildman–Crippen LogP) is 7.06. The van der Waals surface area contributed by atoms with Crippen molar-refractivity contribution in [2.75, 3.05) is 46.2 Å². The molecule has 0 aliphatic carbocycles. The molecule has 4 N–H and O–H groups in total. The molecule has 2 rings (SSSR count). The SMILES string of the molecule is C=C(C)C(=O)O.C=C(C)C(=O)O.CCOc1c(O)c(OCC)c(OCC)c(C(C)(c2ccc(O)cc2)C(OCC)(OCC)OCC)c1OCC. The van der Waals surface area contributed by atoms with E-state index in [-0.39, 0.29) is 91.9 Å². The lowest BCUT2D eigenvalue weighted by molar-refractivity contribution is -0.401. The quantitative estimate of drug-likeness (QED) is 0.0862. The van der Waals surface area contributed by atoms with E-state index in [2.05, 4.69) is 13.2 Å². The van der Waals surface area contributed by atoms with Crippen molar-refractivity contribution in [2.45, 2.75) is 80.6 Å². The van der Waals surface area contributed by atoms with Gasteiger partial charge in [0.25, 0.3) is 5.97 Å². The number of carboxylic acid groups (broad SMARTS) is 2. The number of hydrogen-bond acceptors (Lipinski definition) is 11. The van der Waals surface area contributed by atoms with Crippen LogP contribution in [-0.2, 0) is 29.2 Å². The molecule has 282 valence electrons. The summed E-state index contributed by atoms with van der Waals surface area (Å²) >= 11 is 0. The van der Waals surface area contributed by atoms with Gasteiger partial charge < -0.3 is 53.6 Å². The summed E-state index contributed by atoms with van der Waals surface area (Å²) in [7, 11) is 0. The number of phenolic OH excluding ortho intramolecular Hbond substituents is 2. The number of ether oxygens (including phenoxy) is 7. The lowest BCUT2D eigenvalue weighted by Crippen LogP contribution is -2.57. The van der Waals surface area contributed by atoms with E-state index in [4.69, 9.17) is 43.4 Å². The number of benzene rings is 2. The zero-order chi connectivity index (χ0) is 38.7. The van der Waals surface area contributed by atoms with E-state index in [1.54, 1.807) is 24.3 Å². The van der Waals surface area contributed by atoms with E-state index in [0.717, 1.165) is 0 Å². The van der Waals surface area contributed by atoms with Crippen molar-refractivity contribution >= 4 is 11.9 Å². The van der Waals surface area contributed by atoms with E-state index in [1.807, 2.05) is 55.4 Å². The molecule has 0 spiro atoms. The normalized spacial score (nSPS) is 11.8. The van der Waals surface area contributed by atoms with Crippen LogP contribution in [0, 0.1) is 0 Å². The van der Waals surface area contributed by atoms with Gasteiger partial charge >= 0.3 is 11.9 Å². The minimum atomic E-state index is -1.68. The highest BCUT2D eigenvalue weighted by atomic mass is 16.9. The number of carboxylic acids is 2. The summed E-state index contributed by atoms with van der Waals surface area (Å²) in [6, 6.07) is 6.69. The number of carbonyl (C=O) groups is 2. The summed E-state index contributed by atoms with van der Waals surface area (Å²) in [5.74, 6) is -2.96. The fourth-order valence-corrected chi connectivity index (χ4v) is 4.62. The van der Waals surface area contributed by atoms with E-state index >= 15 is 0 Å². The Bertz CT molecular complexity index is 1280. The average molecular weight is 709 g/mol. The Morgan fingerprint density at radius 1 is 0.600 bits per heavy atom. The third-order valence-corrected chi connectivity index (χ3v) is 6.74. The fraction of sp³-hybridized carbons (Fsp3) is 0.514. The van der Waals surface area contributed by atoms with E-state index < -0.39 is 23.3 Å². The van der Waals surface area contributed by atoms with Gasteiger partial charge in [-0.3, -0.25) is 0 Å². The molecular weight excluding hydrogens is 652 g/mol. The Hall–Kier alpha value is -4.46. The molecule has 0 aliphatic heterocycles. The second kappa shape index (κ2) is 22.3. The van der Waals surface area contributed by atoms with Crippen molar-refractivity contribution in [3.8, 4) is 34.5 Å². The summed E-state index contributed by atoms with van der Waals surface area (Å²) in [5, 5.41) is 37.3. The molecule has 1 unspecified atom stereocenters. The minimum absolute atomic E-state index is 0.0942. The summed E-state index contributed by atoms with van der Waals surface area (Å²) < 4.78 is 43.4. The second-order valence-electron chi connectivity index (χ2n) is 10.5. The lowest BCUT2D eigenvalue weighted by atomic mass is 9.72. The van der Waals surface area contributed by atoms with Crippen LogP contribution in [0.2, 0.25) is 0 Å². The van der Waals surface area contributed by atoms with Gasteiger partial charge in [0, 0.05) is 31.0 Å². The van der Waals surface area contributed by atoms with E-state index in [9.17, 15) is 19.8 Å². The molecule has 0 bridgehead atoms. The number of aromatic hydroxyl groups is 2. The third kappa shape index (κ3) is 11.6. The topological polar surface area (TPSA) is 180 Å². The first-order valence-electron chi connectivity index (χ1n) is 16.5. The average Bonchev–Trinajstić information content (AvgIpc) is 3.05. The van der Waals surface area contributed by atoms with E-state index in [0.29, 0.717) is 11.1 Å². The number of aliphatic carboxylic acids is 2. The Kier molecular flexibility index (Phi) is 20.3. The first kappa shape index (κ1) is 45.5. The monoisotopic (exact) mass is 708 g/mol. The number of phenols is 2. The molecule has 50 heavy (non-hydrogen) atoms. The second-order valence-corrected chi connectivity index (χ2v) is 10.5. The largest absolute Gasteiger partial charge is 0.508 e. The minimum Gasteiger partial charge on any atom is -0.508 e. The highest BCUT2D eigenvalue weighted by Crippen LogP contribution is 2.61. The summed E-state index contributed by atoms with van der Waals surface area (Å²) in [5.41, 5.74) is 0.170. The Labute approximate surface area is 296 Å². The standard InChI is InChI=1S/C29H44O9.2C4H6O2/c1-9-32-24-22(25(33-10-2)27(35-12-4)23(31)26(24)34-11-3)28(8,20-16-18-21(30)19-17-20)29(36-13-5,37-14-6)38-15-7;2*1-3(2)4(5)6/h16-19,30-31H,9-15H2,1-8H3;2*1H2,2H3,(H,5,6). The Morgan fingerprint density at radius 2 is 0.900 bits per heavy atom. The van der Waals surface area contributed by atoms with Crippen molar-refractivity contribution in [1.29, 1.82) is 0 Å². The van der Waals surface area contributed by atoms with Crippen LogP contribution in [0.4, 0.5) is 0 Å². The fourth-order valence-electron chi connectivity index (χ4n) is 4.62. The molecule has 0 aliphatic rings. The van der Waals surface area contributed by atoms with Crippen molar-refractivity contribution < 1.29 is 63.2 Å². The van der Waals surface area contributed by atoms with Gasteiger partial charge in [-0.2, -0.15) is 0 Å². The molecule has 2 aromatic carbocycles. The van der Waals surface area contributed by atoms with Crippen LogP contribution in [0.25, 0.3) is 0 Å². The van der Waals surface area contributed by atoms with Crippen LogP contribution in [0.1, 0.15) is 80.4 Å². The Balaban J connectivity index is 0.00000170. The molecule has 0 saturated heterocycles. The zero-order valence-electron chi connectivity index (χ0n) is 31.1. The van der Waals surface area contributed by atoms with Crippen LogP contribution in [0.15, 0.2) is 48.6 Å². The molecule has 2 aromatic rings. The van der Waals surface area contributed by atoms with Gasteiger partial charge in [-0.15, -0.1) is 0 Å². The molecule has 0 heterocycles. The van der Waals surface area contributed by atoms with Gasteiger partial charge in [0.2, 0.25) is 17.2 Å². The number of hydrogen-bond donors (Lipinski definition) is 4. The van der Waals surface area contributed by atoms with Gasteiger partial charge in [0.15, 0.2) is 11.5 Å². The van der Waals surface area contributed by atoms with Gasteiger partial charge in [-0.1, -0.05) is 25.3 Å². The molecule has 0 fully saturated rings. The highest BCUT2D eigenvalue weighted by Gasteiger charge is 2.58. The molecule has 13 nitrogen and oxygen atoms in total. The summed E-state index contributed by atoms with van der Waals surface area (Å²) in [6.45, 7) is 25.8. The molecule has 0 radical (unpaired) electrons. The maximum absolute atomic E-state index is 11.3. The molecule has 13 heteroatoms. The predicted molar refractivity (Wildman–Crippen MR) is 190 cm³/mol. The number of rotatable bonds is 19.